The first-order valence-electron chi connectivity index (χ1n) is 12.3. The van der Waals surface area contributed by atoms with Crippen LogP contribution in [0.2, 0.25) is 5.02 Å². The predicted octanol–water partition coefficient (Wildman–Crippen LogP) is 8.46. The Bertz CT molecular complexity index is 1720. The second kappa shape index (κ2) is 12.5. The summed E-state index contributed by atoms with van der Waals surface area (Å²) in [6.45, 7) is 0. The molecule has 4 rings (SSSR count). The first kappa shape index (κ1) is 33.5. The van der Waals surface area contributed by atoms with Crippen molar-refractivity contribution >= 4 is 17.5 Å². The Morgan fingerprint density at radius 3 is 2.13 bits per heavy atom. The Morgan fingerprint density at radius 2 is 1.53 bits per heavy atom. The maximum Gasteiger partial charge on any atom is 0.461 e. The van der Waals surface area contributed by atoms with Crippen molar-refractivity contribution in [3.8, 4) is 5.75 Å². The van der Waals surface area contributed by atoms with Crippen molar-refractivity contribution < 1.29 is 57.8 Å². The Balaban J connectivity index is 1.99. The predicted molar refractivity (Wildman–Crippen MR) is 137 cm³/mol. The first-order valence-corrected chi connectivity index (χ1v) is 12.7. The Hall–Kier alpha value is -4.40. The number of alkyl halides is 7. The lowest BCUT2D eigenvalue weighted by atomic mass is 9.80. The molecule has 4 aromatic rings. The van der Waals surface area contributed by atoms with Crippen LogP contribution in [0.1, 0.15) is 32.7 Å². The van der Waals surface area contributed by atoms with Gasteiger partial charge < -0.3 is 10.1 Å². The van der Waals surface area contributed by atoms with Crippen molar-refractivity contribution in [3.05, 3.63) is 129 Å². The van der Waals surface area contributed by atoms with Gasteiger partial charge in [0.15, 0.2) is 11.6 Å². The molecule has 0 bridgehead atoms. The minimum Gasteiger partial charge on any atom is -0.428 e. The van der Waals surface area contributed by atoms with Crippen molar-refractivity contribution in [3.63, 3.8) is 0 Å². The summed E-state index contributed by atoms with van der Waals surface area (Å²) in [4.78, 5) is 17.6. The number of hydrogen-bond acceptors (Lipinski definition) is 3. The summed E-state index contributed by atoms with van der Waals surface area (Å²) in [7, 11) is 0. The zero-order chi connectivity index (χ0) is 33.3. The maximum atomic E-state index is 14.9. The Kier molecular flexibility index (Phi) is 9.33. The van der Waals surface area contributed by atoms with Gasteiger partial charge in [-0.2, -0.15) is 30.7 Å². The molecule has 0 saturated heterocycles. The molecule has 16 heteroatoms. The summed E-state index contributed by atoms with van der Waals surface area (Å²) in [6.07, 6.45) is -14.5. The van der Waals surface area contributed by atoms with Crippen LogP contribution in [0.3, 0.4) is 0 Å². The van der Waals surface area contributed by atoms with E-state index in [0.29, 0.717) is 42.5 Å². The van der Waals surface area contributed by atoms with E-state index in [9.17, 15) is 53.1 Å². The third-order valence-electron chi connectivity index (χ3n) is 6.35. The molecule has 4 nitrogen and oxygen atoms in total. The summed E-state index contributed by atoms with van der Waals surface area (Å²) in [6, 6.07) is 7.33. The van der Waals surface area contributed by atoms with E-state index < -0.39 is 82.3 Å². The number of pyridine rings is 1. The number of amides is 1. The Morgan fingerprint density at radius 1 is 0.844 bits per heavy atom. The van der Waals surface area contributed by atoms with Crippen LogP contribution in [-0.2, 0) is 18.1 Å². The van der Waals surface area contributed by atoms with E-state index in [0.717, 1.165) is 18.3 Å². The summed E-state index contributed by atoms with van der Waals surface area (Å²) >= 11 is 5.92. The van der Waals surface area contributed by atoms with Crippen LogP contribution in [0, 0.1) is 23.3 Å². The zero-order valence-electron chi connectivity index (χ0n) is 22.0. The minimum absolute atomic E-state index is 0.00000288. The van der Waals surface area contributed by atoms with E-state index in [-0.39, 0.29) is 22.3 Å². The van der Waals surface area contributed by atoms with Gasteiger partial charge in [0.2, 0.25) is 0 Å². The number of halogens is 12. The fourth-order valence-electron chi connectivity index (χ4n) is 4.32. The molecule has 0 spiro atoms. The quantitative estimate of drug-likeness (QED) is 0.182. The largest absolute Gasteiger partial charge is 0.461 e. The smallest absolute Gasteiger partial charge is 0.428 e. The third kappa shape index (κ3) is 7.47. The normalized spacial score (nSPS) is 13.4. The number of ether oxygens (including phenoxy) is 1. The van der Waals surface area contributed by atoms with E-state index in [1.54, 1.807) is 0 Å². The highest BCUT2D eigenvalue weighted by molar-refractivity contribution is 6.30. The molecule has 45 heavy (non-hydrogen) atoms. The van der Waals surface area contributed by atoms with Crippen molar-refractivity contribution in [2.24, 2.45) is 0 Å². The molecule has 1 unspecified atom stereocenters. The number of rotatable bonds is 9. The molecular weight excluding hydrogens is 653 g/mol. The SMILES string of the molecule is O=C(NC(Cc1ccc(F)c(F)c1)(c1cc(F)cc(OC(F)(F)C(F)F)c1)c1ccc(Cl)cn1)c1ccc(F)c(C(F)(F)F)c1. The van der Waals surface area contributed by atoms with Crippen LogP contribution in [0.25, 0.3) is 0 Å². The van der Waals surface area contributed by atoms with Gasteiger partial charge in [0, 0.05) is 24.2 Å². The number of carbonyl (C=O) groups is 1. The standard InChI is InChI=1S/C29H16ClF11N2O2/c30-17-3-6-24(42-13-17)27(12-14-1-4-22(33)23(34)7-14,16-9-18(31)11-19(10-16)45-29(40,41)26(35)36)43-25(44)15-2-5-21(32)20(8-15)28(37,38)39/h1-11,13,26H,12H2,(H,43,44). The molecule has 1 atom stereocenters. The van der Waals surface area contributed by atoms with Crippen LogP contribution in [0.15, 0.2) is 72.9 Å². The molecule has 1 N–H and O–H groups in total. The monoisotopic (exact) mass is 668 g/mol. The lowest BCUT2D eigenvalue weighted by molar-refractivity contribution is -0.253. The second-order valence-electron chi connectivity index (χ2n) is 9.48. The van der Waals surface area contributed by atoms with Gasteiger partial charge in [-0.05, 0) is 65.7 Å². The molecule has 1 heterocycles. The molecule has 1 amide bonds. The van der Waals surface area contributed by atoms with Gasteiger partial charge in [-0.3, -0.25) is 9.78 Å². The lowest BCUT2D eigenvalue weighted by Crippen LogP contribution is -2.49. The number of carbonyl (C=O) groups excluding carboxylic acids is 1. The molecule has 0 aliphatic rings. The van der Waals surface area contributed by atoms with Gasteiger partial charge in [-0.25, -0.2) is 17.6 Å². The van der Waals surface area contributed by atoms with Gasteiger partial charge in [0.25, 0.3) is 5.91 Å². The minimum atomic E-state index is -5.24. The van der Waals surface area contributed by atoms with Crippen molar-refractivity contribution in [1.29, 1.82) is 0 Å². The number of hydrogen-bond donors (Lipinski definition) is 1. The number of aromatic nitrogens is 1. The van der Waals surface area contributed by atoms with Gasteiger partial charge in [-0.15, -0.1) is 0 Å². The molecular formula is C29H16ClF11N2O2. The average molecular weight is 669 g/mol. The molecule has 0 saturated carbocycles. The summed E-state index contributed by atoms with van der Waals surface area (Å²) in [5.41, 5.74) is -6.07. The van der Waals surface area contributed by atoms with E-state index >= 15 is 0 Å². The molecule has 0 radical (unpaired) electrons. The first-order chi connectivity index (χ1) is 20.9. The highest BCUT2D eigenvalue weighted by atomic mass is 35.5. The van der Waals surface area contributed by atoms with Crippen molar-refractivity contribution in [1.82, 2.24) is 10.3 Å². The van der Waals surface area contributed by atoms with E-state index in [1.165, 1.54) is 6.07 Å². The number of nitrogens with one attached hydrogen (secondary N) is 1. The van der Waals surface area contributed by atoms with Crippen LogP contribution in [0.5, 0.6) is 5.75 Å². The molecule has 238 valence electrons. The van der Waals surface area contributed by atoms with E-state index in [1.807, 2.05) is 0 Å². The van der Waals surface area contributed by atoms with Gasteiger partial charge >= 0.3 is 18.7 Å². The molecule has 3 aromatic carbocycles. The van der Waals surface area contributed by atoms with Crippen LogP contribution in [-0.4, -0.2) is 23.4 Å². The van der Waals surface area contributed by atoms with Crippen molar-refractivity contribution in [2.75, 3.05) is 0 Å². The topological polar surface area (TPSA) is 51.2 Å². The van der Waals surface area contributed by atoms with Crippen molar-refractivity contribution in [2.45, 2.75) is 30.7 Å². The van der Waals surface area contributed by atoms with Crippen LogP contribution in [0.4, 0.5) is 48.3 Å². The summed E-state index contributed by atoms with van der Waals surface area (Å²) < 4.78 is 154. The molecule has 0 aliphatic carbocycles. The lowest BCUT2D eigenvalue weighted by Gasteiger charge is -2.36. The number of nitrogens with zero attached hydrogens (tertiary/aromatic N) is 1. The Labute approximate surface area is 251 Å². The summed E-state index contributed by atoms with van der Waals surface area (Å²) in [5.74, 6) is -8.40. The summed E-state index contributed by atoms with van der Waals surface area (Å²) in [5, 5.41) is 2.31. The van der Waals surface area contributed by atoms with E-state index in [2.05, 4.69) is 15.0 Å². The zero-order valence-corrected chi connectivity index (χ0v) is 22.8. The van der Waals surface area contributed by atoms with Crippen LogP contribution < -0.4 is 10.1 Å². The van der Waals surface area contributed by atoms with Gasteiger partial charge in [-0.1, -0.05) is 17.7 Å². The molecule has 0 fully saturated rings. The van der Waals surface area contributed by atoms with Crippen LogP contribution >= 0.6 is 11.6 Å². The fraction of sp³-hybridized carbons (Fsp3) is 0.172. The fourth-order valence-corrected chi connectivity index (χ4v) is 4.44. The maximum absolute atomic E-state index is 14.9. The average Bonchev–Trinajstić information content (AvgIpc) is 2.94. The second-order valence-corrected chi connectivity index (χ2v) is 9.92. The molecule has 0 aliphatic heterocycles. The van der Waals surface area contributed by atoms with E-state index in [4.69, 9.17) is 11.6 Å². The molecule has 1 aromatic heterocycles. The van der Waals surface area contributed by atoms with Gasteiger partial charge in [0.1, 0.15) is 22.9 Å². The van der Waals surface area contributed by atoms with Gasteiger partial charge in [0.05, 0.1) is 16.3 Å². The third-order valence-corrected chi connectivity index (χ3v) is 6.57. The highest BCUT2D eigenvalue weighted by Gasteiger charge is 2.45. The highest BCUT2D eigenvalue weighted by Crippen LogP contribution is 2.38. The number of benzene rings is 3.